The summed E-state index contributed by atoms with van der Waals surface area (Å²) in [6.07, 6.45) is 5.70. The Balaban J connectivity index is 1.49. The summed E-state index contributed by atoms with van der Waals surface area (Å²) < 4.78 is 5.01. The largest absolute Gasteiger partial charge is 0.383 e. The van der Waals surface area contributed by atoms with Gasteiger partial charge in [0.1, 0.15) is 0 Å². The minimum absolute atomic E-state index is 0.0588. The first kappa shape index (κ1) is 15.8. The summed E-state index contributed by atoms with van der Waals surface area (Å²) >= 11 is 0. The van der Waals surface area contributed by atoms with Crippen LogP contribution < -0.4 is 5.32 Å². The van der Waals surface area contributed by atoms with Crippen LogP contribution in [0.3, 0.4) is 0 Å². The first-order valence-corrected chi connectivity index (χ1v) is 8.65. The molecule has 2 amide bonds. The van der Waals surface area contributed by atoms with Gasteiger partial charge in [0.2, 0.25) is 11.8 Å². The van der Waals surface area contributed by atoms with E-state index in [0.29, 0.717) is 32.0 Å². The van der Waals surface area contributed by atoms with Crippen molar-refractivity contribution in [3.8, 4) is 0 Å². The van der Waals surface area contributed by atoms with Gasteiger partial charge in [-0.1, -0.05) is 6.42 Å². The summed E-state index contributed by atoms with van der Waals surface area (Å²) in [6.45, 7) is 3.79. The Hall–Kier alpha value is -1.10. The molecule has 3 aliphatic rings. The molecule has 0 aromatic heterocycles. The predicted octanol–water partition coefficient (Wildman–Crippen LogP) is 1.42. The van der Waals surface area contributed by atoms with Gasteiger partial charge >= 0.3 is 0 Å². The summed E-state index contributed by atoms with van der Waals surface area (Å²) in [5, 5.41) is 3.20. The lowest BCUT2D eigenvalue weighted by atomic mass is 9.84. The Bertz CT molecular complexity index is 440. The van der Waals surface area contributed by atoms with Crippen LogP contribution in [-0.2, 0) is 14.3 Å². The standard InChI is InChI=1S/C17H28N2O3/c1-11(15-8-12-3-4-13(15)7-12)18-17(21)14-9-16(20)19(10-14)5-6-22-2/h11-15H,3-10H2,1-2H3,(H,18,21). The number of amides is 2. The number of carbonyl (C=O) groups excluding carboxylic acids is 2. The van der Waals surface area contributed by atoms with Crippen LogP contribution in [-0.4, -0.2) is 49.6 Å². The fraction of sp³-hybridized carbons (Fsp3) is 0.882. The Morgan fingerprint density at radius 2 is 2.23 bits per heavy atom. The zero-order valence-corrected chi connectivity index (χ0v) is 13.7. The molecule has 124 valence electrons. The van der Waals surface area contributed by atoms with E-state index in [-0.39, 0.29) is 23.8 Å². The molecule has 3 fully saturated rings. The topological polar surface area (TPSA) is 58.6 Å². The van der Waals surface area contributed by atoms with Gasteiger partial charge in [0, 0.05) is 32.7 Å². The minimum atomic E-state index is -0.189. The van der Waals surface area contributed by atoms with Gasteiger partial charge in [-0.25, -0.2) is 0 Å². The van der Waals surface area contributed by atoms with Crippen molar-refractivity contribution in [1.82, 2.24) is 10.2 Å². The fourth-order valence-electron chi connectivity index (χ4n) is 4.72. The molecular weight excluding hydrogens is 280 g/mol. The third kappa shape index (κ3) is 3.14. The number of nitrogens with one attached hydrogen (secondary N) is 1. The van der Waals surface area contributed by atoms with Crippen molar-refractivity contribution in [3.05, 3.63) is 0 Å². The molecule has 2 saturated carbocycles. The van der Waals surface area contributed by atoms with Crippen molar-refractivity contribution in [1.29, 1.82) is 0 Å². The van der Waals surface area contributed by atoms with Crippen molar-refractivity contribution in [2.75, 3.05) is 26.8 Å². The van der Waals surface area contributed by atoms with Gasteiger partial charge < -0.3 is 15.0 Å². The number of fused-ring (bicyclic) bond motifs is 2. The summed E-state index contributed by atoms with van der Waals surface area (Å²) in [5.74, 6) is 2.29. The monoisotopic (exact) mass is 308 g/mol. The predicted molar refractivity (Wildman–Crippen MR) is 83.1 cm³/mol. The average molecular weight is 308 g/mol. The zero-order valence-electron chi connectivity index (χ0n) is 13.7. The van der Waals surface area contributed by atoms with Gasteiger partial charge in [-0.15, -0.1) is 0 Å². The molecule has 1 aliphatic heterocycles. The van der Waals surface area contributed by atoms with E-state index in [1.807, 2.05) is 0 Å². The normalized spacial score (nSPS) is 35.2. The van der Waals surface area contributed by atoms with Crippen molar-refractivity contribution >= 4 is 11.8 Å². The second-order valence-electron chi connectivity index (χ2n) is 7.37. The lowest BCUT2D eigenvalue weighted by Gasteiger charge is -2.29. The molecule has 0 radical (unpaired) electrons. The molecule has 1 saturated heterocycles. The molecule has 2 bridgehead atoms. The molecule has 3 rings (SSSR count). The SMILES string of the molecule is COCCN1CC(C(=O)NC(C)C2CC3CCC2C3)CC1=O. The maximum atomic E-state index is 12.5. The number of hydrogen-bond donors (Lipinski definition) is 1. The van der Waals surface area contributed by atoms with Crippen LogP contribution in [0, 0.1) is 23.7 Å². The molecule has 22 heavy (non-hydrogen) atoms. The summed E-state index contributed by atoms with van der Waals surface area (Å²) in [4.78, 5) is 26.1. The zero-order chi connectivity index (χ0) is 15.7. The average Bonchev–Trinajstić information content (AvgIpc) is 3.20. The lowest BCUT2D eigenvalue weighted by molar-refractivity contribution is -0.129. The van der Waals surface area contributed by atoms with Gasteiger partial charge in [-0.05, 0) is 43.9 Å². The van der Waals surface area contributed by atoms with E-state index in [4.69, 9.17) is 4.74 Å². The van der Waals surface area contributed by atoms with Crippen molar-refractivity contribution in [2.45, 2.75) is 45.1 Å². The highest BCUT2D eigenvalue weighted by Crippen LogP contribution is 2.49. The Morgan fingerprint density at radius 3 is 2.86 bits per heavy atom. The van der Waals surface area contributed by atoms with Crippen LogP contribution in [0.15, 0.2) is 0 Å². The van der Waals surface area contributed by atoms with Crippen LogP contribution in [0.25, 0.3) is 0 Å². The highest BCUT2D eigenvalue weighted by Gasteiger charge is 2.43. The highest BCUT2D eigenvalue weighted by atomic mass is 16.5. The number of hydrogen-bond acceptors (Lipinski definition) is 3. The third-order valence-corrected chi connectivity index (χ3v) is 5.96. The van der Waals surface area contributed by atoms with E-state index >= 15 is 0 Å². The van der Waals surface area contributed by atoms with Crippen molar-refractivity contribution in [3.63, 3.8) is 0 Å². The summed E-state index contributed by atoms with van der Waals surface area (Å²) in [7, 11) is 1.63. The molecule has 1 heterocycles. The molecule has 0 aromatic carbocycles. The van der Waals surface area contributed by atoms with Gasteiger partial charge in [0.15, 0.2) is 0 Å². The van der Waals surface area contributed by atoms with Gasteiger partial charge in [0.25, 0.3) is 0 Å². The number of nitrogens with zero attached hydrogens (tertiary/aromatic N) is 1. The van der Waals surface area contributed by atoms with E-state index in [1.54, 1.807) is 12.0 Å². The van der Waals surface area contributed by atoms with Gasteiger partial charge in [0.05, 0.1) is 12.5 Å². The van der Waals surface area contributed by atoms with E-state index in [9.17, 15) is 9.59 Å². The molecule has 2 aliphatic carbocycles. The molecule has 1 N–H and O–H groups in total. The van der Waals surface area contributed by atoms with E-state index in [1.165, 1.54) is 25.7 Å². The van der Waals surface area contributed by atoms with Crippen LogP contribution >= 0.6 is 0 Å². The first-order valence-electron chi connectivity index (χ1n) is 8.65. The minimum Gasteiger partial charge on any atom is -0.383 e. The third-order valence-electron chi connectivity index (χ3n) is 5.96. The second-order valence-corrected chi connectivity index (χ2v) is 7.37. The molecule has 5 nitrogen and oxygen atoms in total. The number of methoxy groups -OCH3 is 1. The van der Waals surface area contributed by atoms with E-state index < -0.39 is 0 Å². The quantitative estimate of drug-likeness (QED) is 0.807. The molecule has 0 aromatic rings. The van der Waals surface area contributed by atoms with E-state index in [0.717, 1.165) is 11.8 Å². The van der Waals surface area contributed by atoms with Crippen LogP contribution in [0.5, 0.6) is 0 Å². The highest BCUT2D eigenvalue weighted by molar-refractivity contribution is 5.89. The Labute approximate surface area is 132 Å². The van der Waals surface area contributed by atoms with Crippen LogP contribution in [0.4, 0.5) is 0 Å². The molecule has 5 atom stereocenters. The maximum absolute atomic E-state index is 12.5. The second kappa shape index (κ2) is 6.57. The maximum Gasteiger partial charge on any atom is 0.225 e. The molecule has 5 heteroatoms. The smallest absolute Gasteiger partial charge is 0.225 e. The number of likely N-dealkylation sites (tertiary alicyclic amines) is 1. The van der Waals surface area contributed by atoms with Crippen LogP contribution in [0.2, 0.25) is 0 Å². The van der Waals surface area contributed by atoms with Gasteiger partial charge in [-0.2, -0.15) is 0 Å². The molecular formula is C17H28N2O3. The Kier molecular flexibility index (Phi) is 4.71. The van der Waals surface area contributed by atoms with Crippen molar-refractivity contribution < 1.29 is 14.3 Å². The first-order chi connectivity index (χ1) is 10.6. The number of rotatable bonds is 6. The van der Waals surface area contributed by atoms with E-state index in [2.05, 4.69) is 12.2 Å². The fourth-order valence-corrected chi connectivity index (χ4v) is 4.72. The summed E-state index contributed by atoms with van der Waals surface area (Å²) in [5.41, 5.74) is 0. The molecule has 5 unspecified atom stereocenters. The molecule has 0 spiro atoms. The van der Waals surface area contributed by atoms with Crippen LogP contribution in [0.1, 0.15) is 39.0 Å². The number of ether oxygens (including phenoxy) is 1. The Morgan fingerprint density at radius 1 is 1.41 bits per heavy atom. The van der Waals surface area contributed by atoms with Gasteiger partial charge in [-0.3, -0.25) is 9.59 Å². The lowest BCUT2D eigenvalue weighted by Crippen LogP contribution is -2.43. The van der Waals surface area contributed by atoms with Crippen molar-refractivity contribution in [2.24, 2.45) is 23.7 Å². The number of carbonyl (C=O) groups is 2. The summed E-state index contributed by atoms with van der Waals surface area (Å²) in [6, 6.07) is 0.242.